The molecule has 0 bridgehead atoms. The van der Waals surface area contributed by atoms with Gasteiger partial charge in [0.1, 0.15) is 6.33 Å². The average Bonchev–Trinajstić information content (AvgIpc) is 2.81. The van der Waals surface area contributed by atoms with Crippen molar-refractivity contribution >= 4 is 16.7 Å². The van der Waals surface area contributed by atoms with Crippen LogP contribution in [0.15, 0.2) is 24.8 Å². The second-order valence-corrected chi connectivity index (χ2v) is 3.32. The zero-order chi connectivity index (χ0) is 11.3. The van der Waals surface area contributed by atoms with Gasteiger partial charge in [0.05, 0.1) is 17.2 Å². The monoisotopic (exact) mass is 226 g/mol. The number of nitrogens with zero attached hydrogens (tertiary/aromatic N) is 3. The zero-order valence-corrected chi connectivity index (χ0v) is 7.78. The molecule has 3 rings (SSSR count). The topological polar surface area (TPSA) is 46.0 Å². The second kappa shape index (κ2) is 2.75. The Morgan fingerprint density at radius 3 is 2.75 bits per heavy atom. The van der Waals surface area contributed by atoms with Gasteiger partial charge in [0, 0.05) is 6.20 Å². The lowest BCUT2D eigenvalue weighted by molar-refractivity contribution is -0.139. The Balaban J connectivity index is 2.44. The summed E-state index contributed by atoms with van der Waals surface area (Å²) >= 11 is 0. The number of halogens is 3. The molecule has 1 N–H and O–H groups in total. The third-order valence-electron chi connectivity index (χ3n) is 2.35. The number of hydrogen-bond acceptors (Lipinski definition) is 2. The molecule has 0 spiro atoms. The van der Waals surface area contributed by atoms with Crippen LogP contribution >= 0.6 is 0 Å². The van der Waals surface area contributed by atoms with Crippen molar-refractivity contribution in [1.82, 2.24) is 19.4 Å². The Hall–Kier alpha value is -2.05. The minimum Gasteiger partial charge on any atom is -0.345 e. The largest absolute Gasteiger partial charge is 0.435 e. The molecule has 0 unspecified atom stereocenters. The third kappa shape index (κ3) is 1.11. The van der Waals surface area contributed by atoms with E-state index in [9.17, 15) is 13.2 Å². The van der Waals surface area contributed by atoms with Gasteiger partial charge in [-0.15, -0.1) is 0 Å². The minimum absolute atomic E-state index is 0.0420. The average molecular weight is 226 g/mol. The number of aromatic nitrogens is 4. The molecular formula is C9H5F3N4. The van der Waals surface area contributed by atoms with E-state index >= 15 is 0 Å². The van der Waals surface area contributed by atoms with E-state index in [0.717, 1.165) is 12.5 Å². The van der Waals surface area contributed by atoms with E-state index in [2.05, 4.69) is 15.0 Å². The highest BCUT2D eigenvalue weighted by molar-refractivity contribution is 5.75. The first-order chi connectivity index (χ1) is 7.57. The number of rotatable bonds is 0. The van der Waals surface area contributed by atoms with E-state index in [1.807, 2.05) is 0 Å². The molecule has 0 saturated carbocycles. The first kappa shape index (κ1) is 9.20. The maximum Gasteiger partial charge on any atom is 0.435 e. The van der Waals surface area contributed by atoms with Crippen LogP contribution in [-0.4, -0.2) is 19.4 Å². The molecule has 0 amide bonds. The van der Waals surface area contributed by atoms with Gasteiger partial charge >= 0.3 is 6.18 Å². The predicted molar refractivity (Wildman–Crippen MR) is 49.8 cm³/mol. The van der Waals surface area contributed by atoms with E-state index in [0.29, 0.717) is 11.2 Å². The van der Waals surface area contributed by atoms with Crippen LogP contribution in [0.5, 0.6) is 0 Å². The summed E-state index contributed by atoms with van der Waals surface area (Å²) in [6.07, 6.45) is -0.532. The smallest absolute Gasteiger partial charge is 0.345 e. The fourth-order valence-corrected chi connectivity index (χ4v) is 1.67. The number of alkyl halides is 3. The predicted octanol–water partition coefficient (Wildman–Crippen LogP) is 2.23. The van der Waals surface area contributed by atoms with Crippen LogP contribution in [0.3, 0.4) is 0 Å². The van der Waals surface area contributed by atoms with Crippen molar-refractivity contribution in [3.63, 3.8) is 0 Å². The lowest BCUT2D eigenvalue weighted by Gasteiger charge is -2.02. The summed E-state index contributed by atoms with van der Waals surface area (Å²) in [5.41, 5.74) is 0.141. The molecule has 0 saturated heterocycles. The van der Waals surface area contributed by atoms with Gasteiger partial charge < -0.3 is 4.98 Å². The van der Waals surface area contributed by atoms with E-state index in [-0.39, 0.29) is 5.52 Å². The van der Waals surface area contributed by atoms with Crippen LogP contribution in [0.1, 0.15) is 5.69 Å². The molecule has 0 radical (unpaired) electrons. The highest BCUT2D eigenvalue weighted by Crippen LogP contribution is 2.31. The molecule has 3 aromatic heterocycles. The summed E-state index contributed by atoms with van der Waals surface area (Å²) in [5, 5.41) is 0. The van der Waals surface area contributed by atoms with Crippen molar-refractivity contribution in [3.05, 3.63) is 30.5 Å². The van der Waals surface area contributed by atoms with Crippen LogP contribution in [0, 0.1) is 0 Å². The quantitative estimate of drug-likeness (QED) is 0.638. The molecule has 4 nitrogen and oxygen atoms in total. The van der Waals surface area contributed by atoms with E-state index in [4.69, 9.17) is 0 Å². The number of fused-ring (bicyclic) bond motifs is 3. The van der Waals surface area contributed by atoms with Crippen LogP contribution in [0.25, 0.3) is 16.7 Å². The number of aromatic amines is 1. The van der Waals surface area contributed by atoms with Crippen molar-refractivity contribution in [1.29, 1.82) is 0 Å². The highest BCUT2D eigenvalue weighted by Gasteiger charge is 2.35. The molecule has 0 aliphatic carbocycles. The second-order valence-electron chi connectivity index (χ2n) is 3.32. The van der Waals surface area contributed by atoms with Gasteiger partial charge in [-0.05, 0) is 6.07 Å². The van der Waals surface area contributed by atoms with Gasteiger partial charge in [0.15, 0.2) is 11.3 Å². The van der Waals surface area contributed by atoms with Gasteiger partial charge in [-0.25, -0.2) is 9.97 Å². The number of H-pyrrole nitrogens is 1. The molecular weight excluding hydrogens is 221 g/mol. The minimum atomic E-state index is -4.46. The zero-order valence-electron chi connectivity index (χ0n) is 7.78. The Morgan fingerprint density at radius 1 is 1.19 bits per heavy atom. The summed E-state index contributed by atoms with van der Waals surface area (Å²) in [4.78, 5) is 10.1. The number of nitrogens with one attached hydrogen (secondary N) is 1. The molecule has 3 aromatic rings. The fourth-order valence-electron chi connectivity index (χ4n) is 1.67. The normalized spacial score (nSPS) is 12.7. The number of imidazole rings is 1. The molecule has 0 aliphatic rings. The third-order valence-corrected chi connectivity index (χ3v) is 2.35. The first-order valence-corrected chi connectivity index (χ1v) is 4.44. The van der Waals surface area contributed by atoms with Gasteiger partial charge in [-0.2, -0.15) is 13.2 Å². The summed E-state index contributed by atoms with van der Waals surface area (Å²) in [6, 6.07) is 1.65. The van der Waals surface area contributed by atoms with Crippen molar-refractivity contribution < 1.29 is 13.2 Å². The molecule has 0 atom stereocenters. The van der Waals surface area contributed by atoms with Crippen LogP contribution in [0.2, 0.25) is 0 Å². The maximum atomic E-state index is 12.6. The lowest BCUT2D eigenvalue weighted by Crippen LogP contribution is -2.06. The van der Waals surface area contributed by atoms with Crippen molar-refractivity contribution in [2.75, 3.05) is 0 Å². The number of hydrogen-bond donors (Lipinski definition) is 1. The van der Waals surface area contributed by atoms with Crippen LogP contribution in [0.4, 0.5) is 13.2 Å². The van der Waals surface area contributed by atoms with Gasteiger partial charge in [0.25, 0.3) is 0 Å². The standard InChI is InChI=1S/C9H5F3N4/c10-9(11,12)7-6-3-14-8-5(1-2-13-8)16(6)4-15-7/h1-4,13H. The Kier molecular flexibility index (Phi) is 1.58. The van der Waals surface area contributed by atoms with Crippen molar-refractivity contribution in [2.45, 2.75) is 6.18 Å². The van der Waals surface area contributed by atoms with Crippen molar-refractivity contribution in [2.24, 2.45) is 0 Å². The van der Waals surface area contributed by atoms with Crippen LogP contribution < -0.4 is 0 Å². The molecule has 16 heavy (non-hydrogen) atoms. The SMILES string of the molecule is FC(F)(F)c1ncn2c1cnc1[nH]ccc12. The van der Waals surface area contributed by atoms with E-state index < -0.39 is 11.9 Å². The van der Waals surface area contributed by atoms with E-state index in [1.165, 1.54) is 4.40 Å². The van der Waals surface area contributed by atoms with Gasteiger partial charge in [-0.1, -0.05) is 0 Å². The lowest BCUT2D eigenvalue weighted by atomic mass is 10.3. The summed E-state index contributed by atoms with van der Waals surface area (Å²) < 4.78 is 39.1. The molecule has 3 heterocycles. The molecule has 82 valence electrons. The van der Waals surface area contributed by atoms with Gasteiger partial charge in [0.2, 0.25) is 0 Å². The molecule has 0 aliphatic heterocycles. The van der Waals surface area contributed by atoms with E-state index in [1.54, 1.807) is 12.3 Å². The van der Waals surface area contributed by atoms with Crippen LogP contribution in [-0.2, 0) is 6.18 Å². The summed E-state index contributed by atoms with van der Waals surface area (Å²) in [5.74, 6) is 0. The molecule has 0 fully saturated rings. The first-order valence-electron chi connectivity index (χ1n) is 4.44. The maximum absolute atomic E-state index is 12.6. The molecule has 7 heteroatoms. The summed E-state index contributed by atoms with van der Waals surface area (Å²) in [6.45, 7) is 0. The Bertz CT molecular complexity index is 664. The molecule has 0 aromatic carbocycles. The highest BCUT2D eigenvalue weighted by atomic mass is 19.4. The summed E-state index contributed by atoms with van der Waals surface area (Å²) in [7, 11) is 0. The Labute approximate surface area is 86.7 Å². The Morgan fingerprint density at radius 2 is 2.00 bits per heavy atom. The fraction of sp³-hybridized carbons (Fsp3) is 0.111. The van der Waals surface area contributed by atoms with Gasteiger partial charge in [-0.3, -0.25) is 4.40 Å². The van der Waals surface area contributed by atoms with Crippen molar-refractivity contribution in [3.8, 4) is 0 Å².